The summed E-state index contributed by atoms with van der Waals surface area (Å²) >= 11 is 6.14. The second-order valence-corrected chi connectivity index (χ2v) is 4.75. The molecule has 21 heavy (non-hydrogen) atoms. The molecule has 1 aromatic carbocycles. The molecule has 3 aromatic rings. The van der Waals surface area contributed by atoms with Gasteiger partial charge in [0.1, 0.15) is 11.4 Å². The first kappa shape index (κ1) is 13.3. The Hall–Kier alpha value is -2.66. The van der Waals surface area contributed by atoms with Crippen LogP contribution >= 0.6 is 11.6 Å². The summed E-state index contributed by atoms with van der Waals surface area (Å²) in [4.78, 5) is 8.41. The summed E-state index contributed by atoms with van der Waals surface area (Å²) < 4.78 is 5.74. The van der Waals surface area contributed by atoms with Crippen molar-refractivity contribution in [1.29, 1.82) is 5.41 Å². The number of hydrogen-bond donors (Lipinski definition) is 2. The van der Waals surface area contributed by atoms with Crippen molar-refractivity contribution in [2.75, 3.05) is 0 Å². The fraction of sp³-hybridized carbons (Fsp3) is 0. The molecule has 0 fully saturated rings. The zero-order chi connectivity index (χ0) is 14.8. The van der Waals surface area contributed by atoms with Crippen LogP contribution in [0.15, 0.2) is 48.8 Å². The summed E-state index contributed by atoms with van der Waals surface area (Å²) in [5, 5.41) is 8.76. The number of benzene rings is 1. The average molecular weight is 299 g/mol. The highest BCUT2D eigenvalue weighted by atomic mass is 35.5. The van der Waals surface area contributed by atoms with E-state index in [1.54, 1.807) is 30.5 Å². The third-order valence-corrected chi connectivity index (χ3v) is 3.27. The topological polar surface area (TPSA) is 84.9 Å². The fourth-order valence-corrected chi connectivity index (χ4v) is 2.12. The van der Waals surface area contributed by atoms with Crippen molar-refractivity contribution in [3.63, 3.8) is 0 Å². The van der Waals surface area contributed by atoms with Crippen molar-refractivity contribution < 1.29 is 4.74 Å². The number of nitrogens with zero attached hydrogens (tertiary/aromatic N) is 2. The van der Waals surface area contributed by atoms with Gasteiger partial charge in [-0.15, -0.1) is 0 Å². The highest BCUT2D eigenvalue weighted by molar-refractivity contribution is 6.35. The van der Waals surface area contributed by atoms with E-state index in [2.05, 4.69) is 9.97 Å². The van der Waals surface area contributed by atoms with Crippen LogP contribution in [-0.2, 0) is 0 Å². The third-order valence-electron chi connectivity index (χ3n) is 2.94. The van der Waals surface area contributed by atoms with Gasteiger partial charge in [-0.25, -0.2) is 4.98 Å². The Morgan fingerprint density at radius 3 is 2.71 bits per heavy atom. The lowest BCUT2D eigenvalue weighted by Crippen LogP contribution is -2.11. The lowest BCUT2D eigenvalue weighted by molar-refractivity contribution is 0.467. The molecular weight excluding hydrogens is 288 g/mol. The Bertz CT molecular complexity index is 818. The van der Waals surface area contributed by atoms with E-state index in [1.165, 1.54) is 6.20 Å². The average Bonchev–Trinajstić information content (AvgIpc) is 2.51. The lowest BCUT2D eigenvalue weighted by atomic mass is 10.2. The van der Waals surface area contributed by atoms with Gasteiger partial charge >= 0.3 is 0 Å². The number of fused-ring (bicyclic) bond motifs is 1. The number of nitrogens with one attached hydrogen (secondary N) is 1. The maximum Gasteiger partial charge on any atom is 0.219 e. The Morgan fingerprint density at radius 1 is 1.14 bits per heavy atom. The van der Waals surface area contributed by atoms with Gasteiger partial charge in [-0.3, -0.25) is 10.4 Å². The molecule has 0 saturated heterocycles. The standard InChI is InChI=1S/C15H11ClN4O/c16-11-4-5-12(14-10(11)2-1-7-19-14)21-13-6-3-9(8-20-13)15(17)18/h1-8H,(H3,17,18). The Kier molecular flexibility index (Phi) is 3.41. The molecule has 0 radical (unpaired) electrons. The molecule has 3 N–H and O–H groups in total. The first-order valence-electron chi connectivity index (χ1n) is 6.16. The number of halogens is 1. The molecule has 0 aliphatic heterocycles. The van der Waals surface area contributed by atoms with Crippen LogP contribution in [0.2, 0.25) is 5.02 Å². The zero-order valence-corrected chi connectivity index (χ0v) is 11.6. The molecular formula is C15H11ClN4O. The highest BCUT2D eigenvalue weighted by Gasteiger charge is 2.08. The minimum atomic E-state index is -0.0346. The van der Waals surface area contributed by atoms with Gasteiger partial charge in [0.25, 0.3) is 0 Å². The molecule has 104 valence electrons. The molecule has 0 aliphatic carbocycles. The van der Waals surface area contributed by atoms with Crippen LogP contribution in [0.1, 0.15) is 5.56 Å². The van der Waals surface area contributed by atoms with E-state index in [1.807, 2.05) is 12.1 Å². The largest absolute Gasteiger partial charge is 0.437 e. The third kappa shape index (κ3) is 2.64. The molecule has 0 aliphatic rings. The maximum absolute atomic E-state index is 7.33. The minimum Gasteiger partial charge on any atom is -0.437 e. The van der Waals surface area contributed by atoms with Gasteiger partial charge < -0.3 is 10.5 Å². The molecule has 5 nitrogen and oxygen atoms in total. The molecule has 2 aromatic heterocycles. The molecule has 0 atom stereocenters. The van der Waals surface area contributed by atoms with Gasteiger partial charge in [0.05, 0.1) is 5.02 Å². The van der Waals surface area contributed by atoms with Crippen LogP contribution in [0.3, 0.4) is 0 Å². The minimum absolute atomic E-state index is 0.0346. The van der Waals surface area contributed by atoms with Crippen molar-refractivity contribution >= 4 is 28.3 Å². The Labute approximate surface area is 125 Å². The van der Waals surface area contributed by atoms with Crippen molar-refractivity contribution in [2.24, 2.45) is 5.73 Å². The SMILES string of the molecule is N=C(N)c1ccc(Oc2ccc(Cl)c3cccnc23)nc1. The number of nitrogens with two attached hydrogens (primary N) is 1. The molecule has 0 unspecified atom stereocenters. The molecule has 0 spiro atoms. The van der Waals surface area contributed by atoms with E-state index in [9.17, 15) is 0 Å². The molecule has 0 amide bonds. The second-order valence-electron chi connectivity index (χ2n) is 4.35. The number of pyridine rings is 2. The molecule has 0 bridgehead atoms. The van der Waals surface area contributed by atoms with Crippen molar-refractivity contribution in [1.82, 2.24) is 9.97 Å². The van der Waals surface area contributed by atoms with Crippen molar-refractivity contribution in [3.8, 4) is 11.6 Å². The Morgan fingerprint density at radius 2 is 2.00 bits per heavy atom. The van der Waals surface area contributed by atoms with Gasteiger partial charge in [0, 0.05) is 29.4 Å². The van der Waals surface area contributed by atoms with Crippen LogP contribution in [0.25, 0.3) is 10.9 Å². The monoisotopic (exact) mass is 298 g/mol. The predicted octanol–water partition coefficient (Wildman–Crippen LogP) is 3.36. The van der Waals surface area contributed by atoms with Crippen molar-refractivity contribution in [3.05, 3.63) is 59.4 Å². The molecule has 3 rings (SSSR count). The number of amidine groups is 1. The number of hydrogen-bond acceptors (Lipinski definition) is 4. The van der Waals surface area contributed by atoms with E-state index in [0.717, 1.165) is 5.39 Å². The highest BCUT2D eigenvalue weighted by Crippen LogP contribution is 2.31. The summed E-state index contributed by atoms with van der Waals surface area (Å²) in [7, 11) is 0. The molecule has 0 saturated carbocycles. The predicted molar refractivity (Wildman–Crippen MR) is 82.1 cm³/mol. The van der Waals surface area contributed by atoms with Gasteiger partial charge in [-0.1, -0.05) is 11.6 Å². The summed E-state index contributed by atoms with van der Waals surface area (Å²) in [5.74, 6) is 0.931. The molecule has 6 heteroatoms. The summed E-state index contributed by atoms with van der Waals surface area (Å²) in [6.45, 7) is 0. The van der Waals surface area contributed by atoms with Crippen LogP contribution in [-0.4, -0.2) is 15.8 Å². The van der Waals surface area contributed by atoms with E-state index in [0.29, 0.717) is 27.7 Å². The summed E-state index contributed by atoms with van der Waals surface area (Å²) in [6.07, 6.45) is 3.17. The van der Waals surface area contributed by atoms with E-state index in [-0.39, 0.29) is 5.84 Å². The number of nitrogen functional groups attached to an aromatic ring is 1. The van der Waals surface area contributed by atoms with Crippen molar-refractivity contribution in [2.45, 2.75) is 0 Å². The molecule has 2 heterocycles. The van der Waals surface area contributed by atoms with E-state index in [4.69, 9.17) is 27.5 Å². The van der Waals surface area contributed by atoms with Gasteiger partial charge in [0.15, 0.2) is 5.75 Å². The number of ether oxygens (including phenoxy) is 1. The quantitative estimate of drug-likeness (QED) is 0.573. The summed E-state index contributed by atoms with van der Waals surface area (Å²) in [5.41, 5.74) is 6.60. The first-order valence-corrected chi connectivity index (χ1v) is 6.54. The Balaban J connectivity index is 1.98. The second kappa shape index (κ2) is 5.38. The fourth-order valence-electron chi connectivity index (χ4n) is 1.91. The van der Waals surface area contributed by atoms with Crippen LogP contribution in [0.5, 0.6) is 11.6 Å². The number of aromatic nitrogens is 2. The number of rotatable bonds is 3. The maximum atomic E-state index is 7.33. The van der Waals surface area contributed by atoms with Crippen LogP contribution < -0.4 is 10.5 Å². The van der Waals surface area contributed by atoms with Gasteiger partial charge in [-0.05, 0) is 30.3 Å². The first-order chi connectivity index (χ1) is 10.1. The summed E-state index contributed by atoms with van der Waals surface area (Å²) in [6, 6.07) is 10.5. The smallest absolute Gasteiger partial charge is 0.219 e. The van der Waals surface area contributed by atoms with E-state index < -0.39 is 0 Å². The van der Waals surface area contributed by atoms with Gasteiger partial charge in [0.2, 0.25) is 5.88 Å². The lowest BCUT2D eigenvalue weighted by Gasteiger charge is -2.08. The normalized spacial score (nSPS) is 10.5. The van der Waals surface area contributed by atoms with Crippen LogP contribution in [0, 0.1) is 5.41 Å². The zero-order valence-electron chi connectivity index (χ0n) is 10.9. The van der Waals surface area contributed by atoms with Gasteiger partial charge in [-0.2, -0.15) is 0 Å². The van der Waals surface area contributed by atoms with E-state index >= 15 is 0 Å². The van der Waals surface area contributed by atoms with Crippen LogP contribution in [0.4, 0.5) is 0 Å².